The van der Waals surface area contributed by atoms with Gasteiger partial charge in [0.2, 0.25) is 0 Å². The van der Waals surface area contributed by atoms with Gasteiger partial charge in [-0.05, 0) is 43.2 Å². The Kier molecular flexibility index (Phi) is 3.33. The summed E-state index contributed by atoms with van der Waals surface area (Å²) < 4.78 is 5.37. The van der Waals surface area contributed by atoms with Gasteiger partial charge in [-0.2, -0.15) is 0 Å². The summed E-state index contributed by atoms with van der Waals surface area (Å²) in [6.45, 7) is 7.46. The van der Waals surface area contributed by atoms with Crippen molar-refractivity contribution in [1.82, 2.24) is 4.98 Å². The van der Waals surface area contributed by atoms with Crippen LogP contribution in [0.4, 0.5) is 5.82 Å². The molecule has 0 spiro atoms. The van der Waals surface area contributed by atoms with Crippen LogP contribution in [0, 0.1) is 13.8 Å². The van der Waals surface area contributed by atoms with Crippen molar-refractivity contribution in [2.45, 2.75) is 13.8 Å². The Bertz CT molecular complexity index is 621. The highest BCUT2D eigenvalue weighted by molar-refractivity contribution is 6.35. The Morgan fingerprint density at radius 1 is 1.11 bits per heavy atom. The molecule has 4 heteroatoms. The van der Waals surface area contributed by atoms with E-state index in [0.717, 1.165) is 48.0 Å². The average Bonchev–Trinajstić information content (AvgIpc) is 2.42. The minimum absolute atomic E-state index is 0.754. The van der Waals surface area contributed by atoms with E-state index < -0.39 is 0 Å². The van der Waals surface area contributed by atoms with Gasteiger partial charge >= 0.3 is 0 Å². The highest BCUT2D eigenvalue weighted by Gasteiger charge is 2.14. The van der Waals surface area contributed by atoms with E-state index in [1.807, 2.05) is 6.07 Å². The minimum atomic E-state index is 0.754. The van der Waals surface area contributed by atoms with Crippen LogP contribution in [0.25, 0.3) is 10.9 Å². The molecule has 1 aliphatic heterocycles. The number of aromatic nitrogens is 1. The smallest absolute Gasteiger partial charge is 0.130 e. The van der Waals surface area contributed by atoms with E-state index >= 15 is 0 Å². The summed E-state index contributed by atoms with van der Waals surface area (Å²) in [6.07, 6.45) is 0. The molecular weight excluding hydrogens is 260 g/mol. The Morgan fingerprint density at radius 3 is 2.53 bits per heavy atom. The molecule has 2 aromatic rings. The molecule has 0 unspecified atom stereocenters. The Labute approximate surface area is 118 Å². The number of ether oxygens (including phenoxy) is 1. The number of aryl methyl sites for hydroxylation is 2. The first-order valence-corrected chi connectivity index (χ1v) is 6.93. The van der Waals surface area contributed by atoms with Gasteiger partial charge in [-0.15, -0.1) is 0 Å². The molecule has 0 radical (unpaired) electrons. The fraction of sp³-hybridized carbons (Fsp3) is 0.400. The van der Waals surface area contributed by atoms with Crippen molar-refractivity contribution < 1.29 is 4.74 Å². The number of pyridine rings is 1. The number of hydrogen-bond acceptors (Lipinski definition) is 3. The number of fused-ring (bicyclic) bond motifs is 1. The van der Waals surface area contributed by atoms with Gasteiger partial charge in [0.15, 0.2) is 0 Å². The highest BCUT2D eigenvalue weighted by atomic mass is 35.5. The molecule has 0 amide bonds. The third-order valence-electron chi connectivity index (χ3n) is 3.70. The molecule has 1 saturated heterocycles. The summed E-state index contributed by atoms with van der Waals surface area (Å²) in [5.41, 5.74) is 3.46. The predicted octanol–water partition coefficient (Wildman–Crippen LogP) is 3.34. The fourth-order valence-electron chi connectivity index (χ4n) is 2.39. The normalized spacial score (nSPS) is 16.1. The van der Waals surface area contributed by atoms with Crippen molar-refractivity contribution in [3.05, 3.63) is 34.3 Å². The van der Waals surface area contributed by atoms with Crippen molar-refractivity contribution in [1.29, 1.82) is 0 Å². The van der Waals surface area contributed by atoms with Gasteiger partial charge in [0.1, 0.15) is 5.82 Å². The lowest BCUT2D eigenvalue weighted by Crippen LogP contribution is -2.36. The molecule has 1 fully saturated rings. The van der Waals surface area contributed by atoms with E-state index in [4.69, 9.17) is 21.3 Å². The number of halogens is 1. The van der Waals surface area contributed by atoms with Gasteiger partial charge in [0, 0.05) is 18.5 Å². The maximum Gasteiger partial charge on any atom is 0.130 e. The molecule has 2 heterocycles. The zero-order chi connectivity index (χ0) is 13.4. The third kappa shape index (κ3) is 2.40. The zero-order valence-corrected chi connectivity index (χ0v) is 12.0. The fourth-order valence-corrected chi connectivity index (χ4v) is 2.63. The first-order valence-electron chi connectivity index (χ1n) is 6.55. The lowest BCUT2D eigenvalue weighted by molar-refractivity contribution is 0.122. The molecule has 0 aliphatic carbocycles. The first kappa shape index (κ1) is 12.7. The van der Waals surface area contributed by atoms with Gasteiger partial charge in [-0.1, -0.05) is 11.6 Å². The first-order chi connectivity index (χ1) is 9.15. The van der Waals surface area contributed by atoms with E-state index in [0.29, 0.717) is 0 Å². The summed E-state index contributed by atoms with van der Waals surface area (Å²) in [5.74, 6) is 0.948. The van der Waals surface area contributed by atoms with Gasteiger partial charge in [-0.3, -0.25) is 0 Å². The summed E-state index contributed by atoms with van der Waals surface area (Å²) in [6, 6.07) is 6.19. The molecule has 0 saturated carbocycles. The molecule has 0 N–H and O–H groups in total. The van der Waals surface area contributed by atoms with Crippen LogP contribution in [0.3, 0.4) is 0 Å². The third-order valence-corrected chi connectivity index (χ3v) is 4.01. The Hall–Kier alpha value is -1.32. The van der Waals surface area contributed by atoms with Crippen molar-refractivity contribution in [3.63, 3.8) is 0 Å². The second-order valence-electron chi connectivity index (χ2n) is 5.02. The number of rotatable bonds is 1. The van der Waals surface area contributed by atoms with Crippen molar-refractivity contribution in [3.8, 4) is 0 Å². The van der Waals surface area contributed by atoms with Gasteiger partial charge < -0.3 is 9.64 Å². The quantitative estimate of drug-likeness (QED) is 0.799. The molecule has 0 atom stereocenters. The summed E-state index contributed by atoms with van der Waals surface area (Å²) in [7, 11) is 0. The number of morpholine rings is 1. The molecule has 1 aliphatic rings. The standard InChI is InChI=1S/C15H17ClN2O/c1-10-7-12-13(16)9-15(17-14(12)8-11(10)2)18-3-5-19-6-4-18/h7-9H,3-6H2,1-2H3. The molecule has 3 nitrogen and oxygen atoms in total. The van der Waals surface area contributed by atoms with E-state index in [2.05, 4.69) is 30.9 Å². The van der Waals surface area contributed by atoms with Gasteiger partial charge in [0.25, 0.3) is 0 Å². The maximum atomic E-state index is 6.41. The van der Waals surface area contributed by atoms with E-state index in [-0.39, 0.29) is 0 Å². The predicted molar refractivity (Wildman–Crippen MR) is 79.3 cm³/mol. The van der Waals surface area contributed by atoms with Crippen molar-refractivity contribution in [2.75, 3.05) is 31.2 Å². The number of hydrogen-bond donors (Lipinski definition) is 0. The monoisotopic (exact) mass is 276 g/mol. The second kappa shape index (κ2) is 4.99. The largest absolute Gasteiger partial charge is 0.378 e. The average molecular weight is 277 g/mol. The van der Waals surface area contributed by atoms with E-state index in [1.165, 1.54) is 11.1 Å². The molecule has 1 aromatic carbocycles. The van der Waals surface area contributed by atoms with Crippen LogP contribution in [0.5, 0.6) is 0 Å². The van der Waals surface area contributed by atoms with Crippen LogP contribution in [-0.2, 0) is 4.74 Å². The van der Waals surface area contributed by atoms with Crippen molar-refractivity contribution in [2.24, 2.45) is 0 Å². The Balaban J connectivity index is 2.10. The lowest BCUT2D eigenvalue weighted by atomic mass is 10.1. The van der Waals surface area contributed by atoms with Crippen LogP contribution in [-0.4, -0.2) is 31.3 Å². The molecule has 19 heavy (non-hydrogen) atoms. The molecule has 1 aromatic heterocycles. The summed E-state index contributed by atoms with van der Waals surface area (Å²) >= 11 is 6.41. The molecule has 3 rings (SSSR count). The minimum Gasteiger partial charge on any atom is -0.378 e. The molecular formula is C15H17ClN2O. The highest BCUT2D eigenvalue weighted by Crippen LogP contribution is 2.29. The number of nitrogens with zero attached hydrogens (tertiary/aromatic N) is 2. The second-order valence-corrected chi connectivity index (χ2v) is 5.42. The van der Waals surface area contributed by atoms with Crippen LogP contribution >= 0.6 is 11.6 Å². The Morgan fingerprint density at radius 2 is 1.79 bits per heavy atom. The van der Waals surface area contributed by atoms with Gasteiger partial charge in [-0.25, -0.2) is 4.98 Å². The number of benzene rings is 1. The van der Waals surface area contributed by atoms with Gasteiger partial charge in [0.05, 0.1) is 23.8 Å². The maximum absolute atomic E-state index is 6.41. The SMILES string of the molecule is Cc1cc2nc(N3CCOCC3)cc(Cl)c2cc1C. The molecule has 100 valence electrons. The summed E-state index contributed by atoms with van der Waals surface area (Å²) in [5, 5.41) is 1.80. The lowest BCUT2D eigenvalue weighted by Gasteiger charge is -2.28. The van der Waals surface area contributed by atoms with Crippen molar-refractivity contribution >= 4 is 28.3 Å². The van der Waals surface area contributed by atoms with E-state index in [9.17, 15) is 0 Å². The van der Waals surface area contributed by atoms with Crippen LogP contribution < -0.4 is 4.90 Å². The zero-order valence-electron chi connectivity index (χ0n) is 11.2. The topological polar surface area (TPSA) is 25.4 Å². The van der Waals surface area contributed by atoms with Crippen LogP contribution in [0.2, 0.25) is 5.02 Å². The molecule has 0 bridgehead atoms. The van der Waals surface area contributed by atoms with E-state index in [1.54, 1.807) is 0 Å². The summed E-state index contributed by atoms with van der Waals surface area (Å²) in [4.78, 5) is 6.97. The van der Waals surface area contributed by atoms with Crippen LogP contribution in [0.15, 0.2) is 18.2 Å². The van der Waals surface area contributed by atoms with Crippen LogP contribution in [0.1, 0.15) is 11.1 Å². The number of anilines is 1.